The summed E-state index contributed by atoms with van der Waals surface area (Å²) in [6, 6.07) is 16.3. The van der Waals surface area contributed by atoms with Crippen LogP contribution < -0.4 is 5.32 Å². The van der Waals surface area contributed by atoms with Crippen LogP contribution in [-0.2, 0) is 9.53 Å². The Balaban J connectivity index is 1.49. The summed E-state index contributed by atoms with van der Waals surface area (Å²) in [4.78, 5) is 23.6. The van der Waals surface area contributed by atoms with E-state index in [1.807, 2.05) is 24.3 Å². The molecular weight excluding hydrogens is 342 g/mol. The SMILES string of the molecule is O=C(NC1=C(C(=O)O)CCCC1)OCC1c2ccccc2-c2ccccc21. The molecule has 2 aromatic carbocycles. The van der Waals surface area contributed by atoms with Gasteiger partial charge in [-0.15, -0.1) is 0 Å². The van der Waals surface area contributed by atoms with E-state index in [9.17, 15) is 14.7 Å². The van der Waals surface area contributed by atoms with E-state index in [1.165, 1.54) is 11.1 Å². The molecule has 1 amide bonds. The molecule has 0 fully saturated rings. The van der Waals surface area contributed by atoms with Crippen LogP contribution in [0, 0.1) is 0 Å². The van der Waals surface area contributed by atoms with E-state index in [-0.39, 0.29) is 18.1 Å². The van der Waals surface area contributed by atoms with Crippen molar-refractivity contribution < 1.29 is 19.4 Å². The maximum absolute atomic E-state index is 12.3. The molecular formula is C22H21NO4. The molecule has 0 spiro atoms. The van der Waals surface area contributed by atoms with Gasteiger partial charge in [0, 0.05) is 11.6 Å². The summed E-state index contributed by atoms with van der Waals surface area (Å²) in [5.74, 6) is -0.980. The average molecular weight is 363 g/mol. The molecule has 0 bridgehead atoms. The maximum atomic E-state index is 12.3. The lowest BCUT2D eigenvalue weighted by molar-refractivity contribution is -0.133. The molecule has 2 aliphatic carbocycles. The molecule has 4 rings (SSSR count). The number of rotatable bonds is 4. The fourth-order valence-electron chi connectivity index (χ4n) is 4.04. The standard InChI is InChI=1S/C22H21NO4/c24-21(25)18-11-5-6-12-20(18)23-22(26)27-13-19-16-9-3-1-7-14(16)15-8-2-4-10-17(15)19/h1-4,7-10,19H,5-6,11-13H2,(H,23,26)(H,24,25). The number of carbonyl (C=O) groups is 2. The topological polar surface area (TPSA) is 75.6 Å². The quantitative estimate of drug-likeness (QED) is 0.842. The monoisotopic (exact) mass is 363 g/mol. The molecule has 5 nitrogen and oxygen atoms in total. The molecule has 0 radical (unpaired) electrons. The second-order valence-electron chi connectivity index (χ2n) is 6.92. The molecule has 5 heteroatoms. The number of alkyl carbamates (subject to hydrolysis) is 1. The number of carbonyl (C=O) groups excluding carboxylic acids is 1. The van der Waals surface area contributed by atoms with Crippen molar-refractivity contribution in [3.8, 4) is 11.1 Å². The van der Waals surface area contributed by atoms with E-state index in [1.54, 1.807) is 0 Å². The van der Waals surface area contributed by atoms with E-state index in [0.29, 0.717) is 18.5 Å². The Morgan fingerprint density at radius 3 is 2.19 bits per heavy atom. The summed E-state index contributed by atoms with van der Waals surface area (Å²) in [5.41, 5.74) is 5.40. The zero-order chi connectivity index (χ0) is 18.8. The molecule has 0 aliphatic heterocycles. The molecule has 0 saturated heterocycles. The van der Waals surface area contributed by atoms with Gasteiger partial charge in [0.05, 0.1) is 5.57 Å². The predicted molar refractivity (Wildman–Crippen MR) is 101 cm³/mol. The van der Waals surface area contributed by atoms with Crippen molar-refractivity contribution in [1.29, 1.82) is 0 Å². The number of carboxylic acids is 1. The minimum atomic E-state index is -0.969. The van der Waals surface area contributed by atoms with E-state index in [0.717, 1.165) is 24.0 Å². The lowest BCUT2D eigenvalue weighted by Gasteiger charge is -2.19. The summed E-state index contributed by atoms with van der Waals surface area (Å²) < 4.78 is 5.49. The van der Waals surface area contributed by atoms with Gasteiger partial charge < -0.3 is 9.84 Å². The van der Waals surface area contributed by atoms with Crippen molar-refractivity contribution in [2.45, 2.75) is 31.6 Å². The largest absolute Gasteiger partial charge is 0.478 e. The van der Waals surface area contributed by atoms with Crippen LogP contribution in [0.4, 0.5) is 4.79 Å². The van der Waals surface area contributed by atoms with Crippen LogP contribution in [0.5, 0.6) is 0 Å². The molecule has 0 heterocycles. The normalized spacial score (nSPS) is 15.9. The zero-order valence-corrected chi connectivity index (χ0v) is 14.9. The number of hydrogen-bond donors (Lipinski definition) is 2. The highest BCUT2D eigenvalue weighted by atomic mass is 16.5. The van der Waals surface area contributed by atoms with E-state index in [2.05, 4.69) is 29.6 Å². The van der Waals surface area contributed by atoms with Crippen LogP contribution in [0.2, 0.25) is 0 Å². The van der Waals surface area contributed by atoms with Gasteiger partial charge in [-0.3, -0.25) is 5.32 Å². The highest BCUT2D eigenvalue weighted by Gasteiger charge is 2.29. The average Bonchev–Trinajstić information content (AvgIpc) is 3.00. The number of amides is 1. The minimum absolute atomic E-state index is 0.0116. The van der Waals surface area contributed by atoms with Gasteiger partial charge in [-0.05, 0) is 47.9 Å². The van der Waals surface area contributed by atoms with Crippen molar-refractivity contribution in [3.05, 3.63) is 70.9 Å². The summed E-state index contributed by atoms with van der Waals surface area (Å²) in [5, 5.41) is 12.0. The number of aliphatic carboxylic acids is 1. The Bertz CT molecular complexity index is 886. The maximum Gasteiger partial charge on any atom is 0.411 e. The third-order valence-electron chi connectivity index (χ3n) is 5.32. The van der Waals surface area contributed by atoms with Crippen molar-refractivity contribution in [2.75, 3.05) is 6.61 Å². The van der Waals surface area contributed by atoms with Crippen LogP contribution in [0.15, 0.2) is 59.8 Å². The van der Waals surface area contributed by atoms with Crippen molar-refractivity contribution in [1.82, 2.24) is 5.32 Å². The number of hydrogen-bond acceptors (Lipinski definition) is 3. The first-order valence-corrected chi connectivity index (χ1v) is 9.22. The fourth-order valence-corrected chi connectivity index (χ4v) is 4.04. The Hall–Kier alpha value is -3.08. The lowest BCUT2D eigenvalue weighted by Crippen LogP contribution is -2.29. The van der Waals surface area contributed by atoms with Crippen LogP contribution in [0.25, 0.3) is 11.1 Å². The number of carboxylic acid groups (broad SMARTS) is 1. The van der Waals surface area contributed by atoms with Crippen LogP contribution in [0.1, 0.15) is 42.7 Å². The molecule has 138 valence electrons. The van der Waals surface area contributed by atoms with Gasteiger partial charge in [0.1, 0.15) is 6.61 Å². The first-order chi connectivity index (χ1) is 13.1. The molecule has 27 heavy (non-hydrogen) atoms. The van der Waals surface area contributed by atoms with Crippen LogP contribution >= 0.6 is 0 Å². The third-order valence-corrected chi connectivity index (χ3v) is 5.32. The van der Waals surface area contributed by atoms with Gasteiger partial charge in [0.25, 0.3) is 0 Å². The molecule has 2 aliphatic rings. The zero-order valence-electron chi connectivity index (χ0n) is 14.9. The third kappa shape index (κ3) is 3.33. The van der Waals surface area contributed by atoms with Gasteiger partial charge >= 0.3 is 12.1 Å². The molecule has 0 atom stereocenters. The summed E-state index contributed by atoms with van der Waals surface area (Å²) >= 11 is 0. The highest BCUT2D eigenvalue weighted by Crippen LogP contribution is 2.44. The second kappa shape index (κ2) is 7.27. The number of fused-ring (bicyclic) bond motifs is 3. The molecule has 2 aromatic rings. The number of nitrogens with one attached hydrogen (secondary N) is 1. The van der Waals surface area contributed by atoms with E-state index >= 15 is 0 Å². The van der Waals surface area contributed by atoms with Crippen molar-refractivity contribution in [2.24, 2.45) is 0 Å². The number of allylic oxidation sites excluding steroid dienone is 1. The van der Waals surface area contributed by atoms with Crippen LogP contribution in [-0.4, -0.2) is 23.8 Å². The minimum Gasteiger partial charge on any atom is -0.478 e. The highest BCUT2D eigenvalue weighted by molar-refractivity contribution is 5.88. The molecule has 2 N–H and O–H groups in total. The Labute approximate surface area is 157 Å². The molecule has 0 saturated carbocycles. The van der Waals surface area contributed by atoms with Gasteiger partial charge in [0.15, 0.2) is 0 Å². The van der Waals surface area contributed by atoms with Crippen LogP contribution in [0.3, 0.4) is 0 Å². The Morgan fingerprint density at radius 2 is 1.56 bits per heavy atom. The second-order valence-corrected chi connectivity index (χ2v) is 6.92. The first kappa shape index (κ1) is 17.3. The van der Waals surface area contributed by atoms with Gasteiger partial charge in [-0.25, -0.2) is 9.59 Å². The first-order valence-electron chi connectivity index (χ1n) is 9.22. The Morgan fingerprint density at radius 1 is 0.963 bits per heavy atom. The van der Waals surface area contributed by atoms with Gasteiger partial charge in [-0.1, -0.05) is 48.5 Å². The molecule has 0 aromatic heterocycles. The van der Waals surface area contributed by atoms with Crippen molar-refractivity contribution >= 4 is 12.1 Å². The predicted octanol–water partition coefficient (Wildman–Crippen LogP) is 4.44. The molecule has 0 unspecified atom stereocenters. The van der Waals surface area contributed by atoms with E-state index < -0.39 is 12.1 Å². The number of benzene rings is 2. The van der Waals surface area contributed by atoms with Gasteiger partial charge in [0.2, 0.25) is 0 Å². The smallest absolute Gasteiger partial charge is 0.411 e. The summed E-state index contributed by atoms with van der Waals surface area (Å²) in [7, 11) is 0. The summed E-state index contributed by atoms with van der Waals surface area (Å²) in [6.45, 7) is 0.218. The van der Waals surface area contributed by atoms with Gasteiger partial charge in [-0.2, -0.15) is 0 Å². The summed E-state index contributed by atoms with van der Waals surface area (Å²) in [6.07, 6.45) is 2.15. The van der Waals surface area contributed by atoms with E-state index in [4.69, 9.17) is 4.74 Å². The lowest BCUT2D eigenvalue weighted by atomic mass is 9.96. The fraction of sp³-hybridized carbons (Fsp3) is 0.273. The Kier molecular flexibility index (Phi) is 4.67. The van der Waals surface area contributed by atoms with Crippen molar-refractivity contribution in [3.63, 3.8) is 0 Å². The number of ether oxygens (including phenoxy) is 1.